The number of rotatable bonds is 1. The van der Waals surface area contributed by atoms with Crippen molar-refractivity contribution in [3.63, 3.8) is 0 Å². The van der Waals surface area contributed by atoms with Gasteiger partial charge in [-0.3, -0.25) is 0 Å². The molecule has 0 N–H and O–H groups in total. The van der Waals surface area contributed by atoms with Gasteiger partial charge < -0.3 is 14.2 Å². The lowest BCUT2D eigenvalue weighted by Gasteiger charge is -2.38. The Balaban J connectivity index is 1.63. The van der Waals surface area contributed by atoms with Crippen LogP contribution in [0.3, 0.4) is 0 Å². The van der Waals surface area contributed by atoms with Crippen molar-refractivity contribution in [2.75, 3.05) is 20.3 Å². The Bertz CT molecular complexity index is 792. The SMILES string of the molecule is COc1ccc2c(c1)CC1Cc3ccccc3CC(C2)C12OCCO2. The third-order valence-corrected chi connectivity index (χ3v) is 6.27. The van der Waals surface area contributed by atoms with Gasteiger partial charge in [-0.25, -0.2) is 0 Å². The summed E-state index contributed by atoms with van der Waals surface area (Å²) in [4.78, 5) is 0. The molecular formula is C22H24O3. The van der Waals surface area contributed by atoms with Crippen LogP contribution < -0.4 is 4.74 Å². The summed E-state index contributed by atoms with van der Waals surface area (Å²) in [5, 5.41) is 0. The minimum Gasteiger partial charge on any atom is -0.497 e. The van der Waals surface area contributed by atoms with Crippen molar-refractivity contribution in [1.82, 2.24) is 0 Å². The van der Waals surface area contributed by atoms with E-state index in [4.69, 9.17) is 14.2 Å². The molecule has 1 heterocycles. The zero-order valence-electron chi connectivity index (χ0n) is 14.7. The summed E-state index contributed by atoms with van der Waals surface area (Å²) in [6.07, 6.45) is 4.03. The van der Waals surface area contributed by atoms with Crippen LogP contribution in [0.5, 0.6) is 5.75 Å². The smallest absolute Gasteiger partial charge is 0.175 e. The lowest BCUT2D eigenvalue weighted by atomic mass is 9.83. The van der Waals surface area contributed by atoms with Gasteiger partial charge in [-0.05, 0) is 60.1 Å². The lowest BCUT2D eigenvalue weighted by molar-refractivity contribution is -0.227. The molecule has 2 bridgehead atoms. The Kier molecular flexibility index (Phi) is 3.61. The van der Waals surface area contributed by atoms with Crippen LogP contribution in [-0.2, 0) is 35.2 Å². The van der Waals surface area contributed by atoms with E-state index < -0.39 is 5.79 Å². The van der Waals surface area contributed by atoms with E-state index in [9.17, 15) is 0 Å². The molecule has 3 heteroatoms. The summed E-state index contributed by atoms with van der Waals surface area (Å²) in [5.41, 5.74) is 5.74. The van der Waals surface area contributed by atoms with Crippen LogP contribution in [0.2, 0.25) is 0 Å². The predicted octanol–water partition coefficient (Wildman–Crippen LogP) is 3.57. The Hall–Kier alpha value is -1.84. The van der Waals surface area contributed by atoms with Gasteiger partial charge >= 0.3 is 0 Å². The van der Waals surface area contributed by atoms with Crippen molar-refractivity contribution in [3.8, 4) is 5.75 Å². The monoisotopic (exact) mass is 336 g/mol. The zero-order chi connectivity index (χ0) is 16.9. The maximum Gasteiger partial charge on any atom is 0.175 e. The lowest BCUT2D eigenvalue weighted by Crippen LogP contribution is -2.47. The first-order valence-corrected chi connectivity index (χ1v) is 9.29. The topological polar surface area (TPSA) is 27.7 Å². The summed E-state index contributed by atoms with van der Waals surface area (Å²) < 4.78 is 18.2. The fourth-order valence-electron chi connectivity index (χ4n) is 5.10. The zero-order valence-corrected chi connectivity index (χ0v) is 14.7. The molecular weight excluding hydrogens is 312 g/mol. The van der Waals surface area contributed by atoms with Crippen molar-refractivity contribution < 1.29 is 14.2 Å². The molecule has 0 saturated carbocycles. The van der Waals surface area contributed by atoms with E-state index >= 15 is 0 Å². The van der Waals surface area contributed by atoms with Gasteiger partial charge in [-0.15, -0.1) is 0 Å². The minimum atomic E-state index is -0.439. The van der Waals surface area contributed by atoms with E-state index in [1.165, 1.54) is 22.3 Å². The summed E-state index contributed by atoms with van der Waals surface area (Å²) in [5.74, 6) is 1.21. The van der Waals surface area contributed by atoms with E-state index in [1.54, 1.807) is 7.11 Å². The van der Waals surface area contributed by atoms with Crippen molar-refractivity contribution in [2.24, 2.45) is 11.8 Å². The van der Waals surface area contributed by atoms with Gasteiger partial charge in [-0.1, -0.05) is 30.3 Å². The maximum atomic E-state index is 6.37. The normalized spacial score (nSPS) is 26.4. The molecule has 3 aliphatic rings. The van der Waals surface area contributed by atoms with Crippen LogP contribution in [0, 0.1) is 11.8 Å². The quantitative estimate of drug-likeness (QED) is 0.797. The van der Waals surface area contributed by atoms with Gasteiger partial charge in [0.25, 0.3) is 0 Å². The molecule has 1 saturated heterocycles. The molecule has 0 amide bonds. The highest BCUT2D eigenvalue weighted by Gasteiger charge is 2.53. The highest BCUT2D eigenvalue weighted by atomic mass is 16.7. The van der Waals surface area contributed by atoms with Gasteiger partial charge in [0, 0.05) is 11.8 Å². The van der Waals surface area contributed by atoms with E-state index in [0.29, 0.717) is 25.0 Å². The Morgan fingerprint density at radius 3 is 1.96 bits per heavy atom. The van der Waals surface area contributed by atoms with Crippen LogP contribution in [-0.4, -0.2) is 26.1 Å². The Morgan fingerprint density at radius 1 is 0.800 bits per heavy atom. The summed E-state index contributed by atoms with van der Waals surface area (Å²) in [7, 11) is 1.74. The molecule has 5 rings (SSSR count). The molecule has 25 heavy (non-hydrogen) atoms. The highest BCUT2D eigenvalue weighted by Crippen LogP contribution is 2.47. The van der Waals surface area contributed by atoms with Crippen LogP contribution >= 0.6 is 0 Å². The van der Waals surface area contributed by atoms with Crippen molar-refractivity contribution in [3.05, 3.63) is 64.7 Å². The molecule has 130 valence electrons. The minimum absolute atomic E-state index is 0.344. The first kappa shape index (κ1) is 15.4. The largest absolute Gasteiger partial charge is 0.497 e. The standard InChI is InChI=1S/C22H24O3/c1-23-21-7-6-17-12-19-10-15-4-2-3-5-16(15)11-20(13-18(17)14-21)22(19)24-8-9-25-22/h2-7,14,19-20H,8-13H2,1H3. The highest BCUT2D eigenvalue weighted by molar-refractivity contribution is 5.40. The molecule has 2 aromatic carbocycles. The number of fused-ring (bicyclic) bond motifs is 2. The molecule has 0 aromatic heterocycles. The maximum absolute atomic E-state index is 6.37. The fourth-order valence-corrected chi connectivity index (χ4v) is 5.10. The molecule has 3 nitrogen and oxygen atoms in total. The summed E-state index contributed by atoms with van der Waals surface area (Å²) in [6, 6.07) is 15.4. The second-order valence-electron chi connectivity index (χ2n) is 7.53. The molecule has 2 unspecified atom stereocenters. The van der Waals surface area contributed by atoms with Crippen molar-refractivity contribution in [2.45, 2.75) is 31.5 Å². The number of hydrogen-bond donors (Lipinski definition) is 0. The van der Waals surface area contributed by atoms with Crippen molar-refractivity contribution >= 4 is 0 Å². The Morgan fingerprint density at radius 2 is 1.36 bits per heavy atom. The van der Waals surface area contributed by atoms with E-state index in [2.05, 4.69) is 42.5 Å². The number of ether oxygens (including phenoxy) is 3. The van der Waals surface area contributed by atoms with Gasteiger partial charge in [0.1, 0.15) is 5.75 Å². The van der Waals surface area contributed by atoms with Crippen LogP contribution in [0.25, 0.3) is 0 Å². The first-order valence-electron chi connectivity index (χ1n) is 9.29. The van der Waals surface area contributed by atoms with Gasteiger partial charge in [0.05, 0.1) is 20.3 Å². The van der Waals surface area contributed by atoms with Crippen LogP contribution in [0.4, 0.5) is 0 Å². The van der Waals surface area contributed by atoms with E-state index in [0.717, 1.165) is 31.4 Å². The van der Waals surface area contributed by atoms with Gasteiger partial charge in [0.2, 0.25) is 0 Å². The third kappa shape index (κ3) is 2.41. The Labute approximate surface area is 148 Å². The molecule has 2 aliphatic carbocycles. The predicted molar refractivity (Wildman–Crippen MR) is 95.9 cm³/mol. The number of hydrogen-bond acceptors (Lipinski definition) is 3. The summed E-state index contributed by atoms with van der Waals surface area (Å²) in [6.45, 7) is 1.42. The molecule has 0 radical (unpaired) electrons. The van der Waals surface area contributed by atoms with E-state index in [1.807, 2.05) is 0 Å². The first-order chi connectivity index (χ1) is 12.3. The second kappa shape index (κ2) is 5.86. The number of methoxy groups -OCH3 is 1. The van der Waals surface area contributed by atoms with Crippen LogP contribution in [0.1, 0.15) is 22.3 Å². The molecule has 2 atom stereocenters. The van der Waals surface area contributed by atoms with Crippen molar-refractivity contribution in [1.29, 1.82) is 0 Å². The molecule has 1 fully saturated rings. The number of benzene rings is 2. The van der Waals surface area contributed by atoms with Gasteiger partial charge in [0.15, 0.2) is 5.79 Å². The average molecular weight is 336 g/mol. The molecule has 1 aliphatic heterocycles. The molecule has 1 spiro atoms. The average Bonchev–Trinajstić information content (AvgIpc) is 3.05. The second-order valence-corrected chi connectivity index (χ2v) is 7.53. The van der Waals surface area contributed by atoms with Crippen LogP contribution in [0.15, 0.2) is 42.5 Å². The van der Waals surface area contributed by atoms with Gasteiger partial charge in [-0.2, -0.15) is 0 Å². The summed E-state index contributed by atoms with van der Waals surface area (Å²) >= 11 is 0. The molecule has 2 aromatic rings. The van der Waals surface area contributed by atoms with E-state index in [-0.39, 0.29) is 0 Å². The fraction of sp³-hybridized carbons (Fsp3) is 0.455. The third-order valence-electron chi connectivity index (χ3n) is 6.27.